The quantitative estimate of drug-likeness (QED) is 0.327. The molecule has 2 bridgehead atoms. The highest BCUT2D eigenvalue weighted by Crippen LogP contribution is 2.25. The van der Waals surface area contributed by atoms with E-state index in [1.165, 1.54) is 21.6 Å². The zero-order chi connectivity index (χ0) is 26.3. The van der Waals surface area contributed by atoms with Gasteiger partial charge in [0.25, 0.3) is 0 Å². The molecule has 0 aromatic rings. The summed E-state index contributed by atoms with van der Waals surface area (Å²) in [4.78, 5) is 65.8. The predicted octanol–water partition coefficient (Wildman–Crippen LogP) is 0.567. The molecule has 35 heavy (non-hydrogen) atoms. The molecular formula is C23H39N5O5S2. The summed E-state index contributed by atoms with van der Waals surface area (Å²) >= 11 is 0. The third-order valence-corrected chi connectivity index (χ3v) is 8.62. The SMILES string of the molecule is CCC(C)C1NC(=O)C(CC(C)C)NC(=O)C(C(C)C)NC(=O)C2CSSCC(NC1=O)C(=O)N2. The number of hydrogen-bond acceptors (Lipinski definition) is 7. The van der Waals surface area contributed by atoms with Crippen LogP contribution >= 0.6 is 21.6 Å². The maximum atomic E-state index is 13.3. The largest absolute Gasteiger partial charge is 0.343 e. The molecule has 2 saturated heterocycles. The summed E-state index contributed by atoms with van der Waals surface area (Å²) in [6, 6.07) is -4.38. The highest BCUT2D eigenvalue weighted by atomic mass is 33.1. The molecule has 6 unspecified atom stereocenters. The Balaban J connectivity index is 2.49. The van der Waals surface area contributed by atoms with Crippen LogP contribution in [-0.2, 0) is 24.0 Å². The lowest BCUT2D eigenvalue weighted by molar-refractivity contribution is -0.135. The van der Waals surface area contributed by atoms with Gasteiger partial charge in [0.05, 0.1) is 0 Å². The standard InChI is InChI=1S/C23H39N5O5S2/c1-7-13(6)18-23(33)26-15-9-34-35-10-16(25-20(15)30)21(31)27-17(12(4)5)22(32)24-14(8-11(2)3)19(29)28-18/h11-18H,7-10H2,1-6H3,(H,24,32)(H,25,30)(H,26,33)(H,27,31)(H,28,29). The van der Waals surface area contributed by atoms with Crippen LogP contribution in [0.25, 0.3) is 0 Å². The Hall–Kier alpha value is -1.95. The minimum absolute atomic E-state index is 0.0924. The van der Waals surface area contributed by atoms with Gasteiger partial charge < -0.3 is 26.6 Å². The third-order valence-electron chi connectivity index (χ3n) is 6.20. The van der Waals surface area contributed by atoms with E-state index in [-0.39, 0.29) is 17.8 Å². The molecule has 5 N–H and O–H groups in total. The Labute approximate surface area is 215 Å². The van der Waals surface area contributed by atoms with E-state index in [9.17, 15) is 24.0 Å². The van der Waals surface area contributed by atoms with Crippen molar-refractivity contribution in [1.29, 1.82) is 0 Å². The summed E-state index contributed by atoms with van der Waals surface area (Å²) < 4.78 is 0. The minimum atomic E-state index is -0.893. The Morgan fingerprint density at radius 2 is 1.17 bits per heavy atom. The van der Waals surface area contributed by atoms with Crippen LogP contribution in [0.2, 0.25) is 0 Å². The fourth-order valence-corrected chi connectivity index (χ4v) is 6.17. The van der Waals surface area contributed by atoms with Gasteiger partial charge in [-0.25, -0.2) is 0 Å². The van der Waals surface area contributed by atoms with E-state index in [0.717, 1.165) is 0 Å². The first-order chi connectivity index (χ1) is 16.4. The van der Waals surface area contributed by atoms with Gasteiger partial charge in [-0.1, -0.05) is 69.6 Å². The molecule has 0 spiro atoms. The second-order valence-electron chi connectivity index (χ2n) is 9.98. The Kier molecular flexibility index (Phi) is 11.2. The van der Waals surface area contributed by atoms with Crippen molar-refractivity contribution in [3.05, 3.63) is 0 Å². The third kappa shape index (κ3) is 8.30. The van der Waals surface area contributed by atoms with E-state index in [1.807, 2.05) is 27.7 Å². The molecular weight excluding hydrogens is 490 g/mol. The summed E-state index contributed by atoms with van der Waals surface area (Å²) in [6.07, 6.45) is 0.987. The summed E-state index contributed by atoms with van der Waals surface area (Å²) in [5, 5.41) is 13.9. The average Bonchev–Trinajstić information content (AvgIpc) is 2.77. The Morgan fingerprint density at radius 1 is 0.686 bits per heavy atom. The van der Waals surface area contributed by atoms with Crippen molar-refractivity contribution in [3.63, 3.8) is 0 Å². The molecule has 2 rings (SSSR count). The zero-order valence-corrected chi connectivity index (χ0v) is 22.9. The van der Waals surface area contributed by atoms with E-state index in [4.69, 9.17) is 0 Å². The molecule has 6 atom stereocenters. The summed E-state index contributed by atoms with van der Waals surface area (Å²) in [7, 11) is 2.80. The highest BCUT2D eigenvalue weighted by Gasteiger charge is 2.37. The van der Waals surface area contributed by atoms with Gasteiger partial charge in [0.2, 0.25) is 29.5 Å². The zero-order valence-electron chi connectivity index (χ0n) is 21.3. The summed E-state index contributed by atoms with van der Waals surface area (Å²) in [5.74, 6) is -2.10. The van der Waals surface area contributed by atoms with Gasteiger partial charge in [-0.05, 0) is 24.2 Å². The van der Waals surface area contributed by atoms with E-state index in [0.29, 0.717) is 24.3 Å². The lowest BCUT2D eigenvalue weighted by Crippen LogP contribution is -2.60. The second-order valence-corrected chi connectivity index (χ2v) is 12.5. The van der Waals surface area contributed by atoms with Crippen molar-refractivity contribution < 1.29 is 24.0 Å². The first-order valence-corrected chi connectivity index (χ1v) is 14.7. The van der Waals surface area contributed by atoms with E-state index < -0.39 is 59.7 Å². The van der Waals surface area contributed by atoms with Crippen molar-refractivity contribution in [1.82, 2.24) is 26.6 Å². The van der Waals surface area contributed by atoms with Gasteiger partial charge in [0.1, 0.15) is 30.2 Å². The van der Waals surface area contributed by atoms with Crippen LogP contribution in [-0.4, -0.2) is 71.3 Å². The molecule has 2 aliphatic rings. The molecule has 0 radical (unpaired) electrons. The van der Waals surface area contributed by atoms with Gasteiger partial charge in [0.15, 0.2) is 0 Å². The van der Waals surface area contributed by atoms with Gasteiger partial charge in [0, 0.05) is 11.5 Å². The summed E-state index contributed by atoms with van der Waals surface area (Å²) in [6.45, 7) is 11.2. The van der Waals surface area contributed by atoms with Crippen LogP contribution in [0.1, 0.15) is 54.4 Å². The molecule has 0 aromatic carbocycles. The van der Waals surface area contributed by atoms with E-state index >= 15 is 0 Å². The lowest BCUT2D eigenvalue weighted by atomic mass is 9.96. The first-order valence-electron chi connectivity index (χ1n) is 12.2. The number of fused-ring (bicyclic) bond motifs is 3. The number of hydrogen-bond donors (Lipinski definition) is 5. The average molecular weight is 530 g/mol. The van der Waals surface area contributed by atoms with Crippen molar-refractivity contribution in [3.8, 4) is 0 Å². The van der Waals surface area contributed by atoms with E-state index in [2.05, 4.69) is 26.6 Å². The first kappa shape index (κ1) is 29.3. The predicted molar refractivity (Wildman–Crippen MR) is 138 cm³/mol. The van der Waals surface area contributed by atoms with Crippen molar-refractivity contribution in [2.75, 3.05) is 11.5 Å². The Bertz CT molecular complexity index is 809. The van der Waals surface area contributed by atoms with Crippen LogP contribution in [0.5, 0.6) is 0 Å². The van der Waals surface area contributed by atoms with Crippen LogP contribution in [0.15, 0.2) is 0 Å². The maximum Gasteiger partial charge on any atom is 0.244 e. The number of amides is 5. The molecule has 12 heteroatoms. The topological polar surface area (TPSA) is 146 Å². The number of carbonyl (C=O) groups excluding carboxylic acids is 5. The molecule has 2 fully saturated rings. The molecule has 5 amide bonds. The molecule has 0 aliphatic carbocycles. The molecule has 10 nitrogen and oxygen atoms in total. The van der Waals surface area contributed by atoms with Gasteiger partial charge in [-0.2, -0.15) is 0 Å². The maximum absolute atomic E-state index is 13.3. The van der Waals surface area contributed by atoms with Gasteiger partial charge in [-0.3, -0.25) is 24.0 Å². The number of rotatable bonds is 5. The number of nitrogens with one attached hydrogen (secondary N) is 5. The molecule has 0 aromatic heterocycles. The van der Waals surface area contributed by atoms with Crippen molar-refractivity contribution >= 4 is 51.1 Å². The van der Waals surface area contributed by atoms with Crippen LogP contribution in [0, 0.1) is 17.8 Å². The summed E-state index contributed by atoms with van der Waals surface area (Å²) in [5.41, 5.74) is 0. The lowest BCUT2D eigenvalue weighted by Gasteiger charge is -2.29. The highest BCUT2D eigenvalue weighted by molar-refractivity contribution is 8.76. The van der Waals surface area contributed by atoms with Crippen LogP contribution in [0.3, 0.4) is 0 Å². The monoisotopic (exact) mass is 529 g/mol. The van der Waals surface area contributed by atoms with Crippen LogP contribution < -0.4 is 26.6 Å². The van der Waals surface area contributed by atoms with Gasteiger partial charge in [-0.15, -0.1) is 0 Å². The fourth-order valence-electron chi connectivity index (χ4n) is 3.84. The normalized spacial score (nSPS) is 30.2. The van der Waals surface area contributed by atoms with E-state index in [1.54, 1.807) is 13.8 Å². The minimum Gasteiger partial charge on any atom is -0.343 e. The second kappa shape index (κ2) is 13.4. The fraction of sp³-hybridized carbons (Fsp3) is 0.783. The molecule has 198 valence electrons. The Morgan fingerprint density at radius 3 is 1.69 bits per heavy atom. The van der Waals surface area contributed by atoms with Crippen molar-refractivity contribution in [2.24, 2.45) is 17.8 Å². The van der Waals surface area contributed by atoms with Crippen LogP contribution in [0.4, 0.5) is 0 Å². The molecule has 0 saturated carbocycles. The molecule has 2 heterocycles. The molecule has 2 aliphatic heterocycles. The van der Waals surface area contributed by atoms with Gasteiger partial charge >= 0.3 is 0 Å². The smallest absolute Gasteiger partial charge is 0.244 e. The van der Waals surface area contributed by atoms with Crippen molar-refractivity contribution in [2.45, 2.75) is 84.6 Å². The number of carbonyl (C=O) groups is 5.